The van der Waals surface area contributed by atoms with Crippen molar-refractivity contribution >= 4 is 29.2 Å². The topological polar surface area (TPSA) is 34.6 Å². The average molecular weight is 301 g/mol. The molecular weight excluding hydrogens is 284 g/mol. The molecule has 2 aliphatic rings. The summed E-state index contributed by atoms with van der Waals surface area (Å²) in [5.74, 6) is 0.956. The zero-order chi connectivity index (χ0) is 13.1. The first-order chi connectivity index (χ1) is 9.31. The molecule has 4 nitrogen and oxygen atoms in total. The van der Waals surface area contributed by atoms with E-state index in [9.17, 15) is 0 Å². The van der Waals surface area contributed by atoms with Crippen LogP contribution in [0.3, 0.4) is 0 Å². The first-order valence-electron chi connectivity index (χ1n) is 6.56. The Morgan fingerprint density at radius 1 is 1.21 bits per heavy atom. The van der Waals surface area contributed by atoms with Crippen LogP contribution >= 0.6 is 23.4 Å². The fourth-order valence-corrected chi connectivity index (χ4v) is 3.67. The van der Waals surface area contributed by atoms with Crippen molar-refractivity contribution in [3.8, 4) is 0 Å². The lowest BCUT2D eigenvalue weighted by Gasteiger charge is -2.28. The van der Waals surface area contributed by atoms with Crippen LogP contribution < -0.4 is 4.90 Å². The number of aromatic nitrogens is 1. The summed E-state index contributed by atoms with van der Waals surface area (Å²) < 4.78 is 10.8. The lowest BCUT2D eigenvalue weighted by atomic mass is 10.3. The van der Waals surface area contributed by atoms with Gasteiger partial charge < -0.3 is 14.4 Å². The molecule has 19 heavy (non-hydrogen) atoms. The van der Waals surface area contributed by atoms with Gasteiger partial charge in [-0.1, -0.05) is 11.6 Å². The lowest BCUT2D eigenvalue weighted by Crippen LogP contribution is -2.36. The number of anilines is 1. The highest BCUT2D eigenvalue weighted by atomic mass is 35.5. The van der Waals surface area contributed by atoms with E-state index in [0.29, 0.717) is 10.4 Å². The second-order valence-corrected chi connectivity index (χ2v) is 6.45. The molecule has 3 heterocycles. The normalized spacial score (nSPS) is 23.8. The first-order valence-corrected chi connectivity index (χ1v) is 7.82. The fourth-order valence-electron chi connectivity index (χ4n) is 2.28. The van der Waals surface area contributed by atoms with Gasteiger partial charge in [-0.3, -0.25) is 0 Å². The zero-order valence-electron chi connectivity index (χ0n) is 10.7. The minimum absolute atomic E-state index is 0.538. The molecule has 104 valence electrons. The molecule has 2 fully saturated rings. The van der Waals surface area contributed by atoms with E-state index in [-0.39, 0.29) is 0 Å². The van der Waals surface area contributed by atoms with Crippen molar-refractivity contribution in [3.05, 3.63) is 17.3 Å². The number of ether oxygens (including phenoxy) is 2. The van der Waals surface area contributed by atoms with Crippen molar-refractivity contribution in [1.82, 2.24) is 4.98 Å². The molecule has 1 aromatic heterocycles. The van der Waals surface area contributed by atoms with Gasteiger partial charge in [-0.25, -0.2) is 4.98 Å². The number of nitrogens with zero attached hydrogens (tertiary/aromatic N) is 2. The Labute approximate surface area is 122 Å². The van der Waals surface area contributed by atoms with Crippen LogP contribution in [0.25, 0.3) is 0 Å². The van der Waals surface area contributed by atoms with Gasteiger partial charge in [-0.05, 0) is 18.6 Å². The van der Waals surface area contributed by atoms with E-state index in [1.165, 1.54) is 4.90 Å². The first kappa shape index (κ1) is 13.5. The van der Waals surface area contributed by atoms with E-state index in [1.54, 1.807) is 0 Å². The smallest absolute Gasteiger partial charge is 0.132 e. The largest absolute Gasteiger partial charge is 0.380 e. The Morgan fingerprint density at radius 3 is 2.79 bits per heavy atom. The lowest BCUT2D eigenvalue weighted by molar-refractivity contribution is 0.122. The maximum atomic E-state index is 6.14. The summed E-state index contributed by atoms with van der Waals surface area (Å²) >= 11 is 7.98. The molecule has 1 unspecified atom stereocenters. The molecule has 0 spiro atoms. The van der Waals surface area contributed by atoms with E-state index >= 15 is 0 Å². The molecule has 3 rings (SSSR count). The number of morpholine rings is 1. The Balaban J connectivity index is 1.74. The van der Waals surface area contributed by atoms with Crippen molar-refractivity contribution in [1.29, 1.82) is 0 Å². The molecule has 1 atom stereocenters. The second-order valence-electron chi connectivity index (χ2n) is 4.69. The number of thioether (sulfide) groups is 1. The number of hydrogen-bond acceptors (Lipinski definition) is 5. The number of halogens is 1. The molecule has 6 heteroatoms. The van der Waals surface area contributed by atoms with Crippen LogP contribution in [0.2, 0.25) is 5.15 Å². The molecule has 0 aliphatic carbocycles. The third kappa shape index (κ3) is 3.54. The molecule has 2 aliphatic heterocycles. The summed E-state index contributed by atoms with van der Waals surface area (Å²) in [7, 11) is 0. The van der Waals surface area contributed by atoms with Crippen molar-refractivity contribution in [2.75, 3.05) is 44.4 Å². The van der Waals surface area contributed by atoms with Crippen LogP contribution in [-0.2, 0) is 9.47 Å². The Kier molecular flexibility index (Phi) is 4.48. The number of pyridine rings is 1. The highest BCUT2D eigenvalue weighted by Gasteiger charge is 2.19. The SMILES string of the molecule is Clc1cc(SC2CCOC2)cc(N2CCOCC2)n1. The van der Waals surface area contributed by atoms with Gasteiger partial charge in [-0.2, -0.15) is 0 Å². The molecule has 2 saturated heterocycles. The van der Waals surface area contributed by atoms with Crippen molar-refractivity contribution in [2.24, 2.45) is 0 Å². The van der Waals surface area contributed by atoms with Gasteiger partial charge in [0.2, 0.25) is 0 Å². The van der Waals surface area contributed by atoms with Gasteiger partial charge in [-0.15, -0.1) is 11.8 Å². The van der Waals surface area contributed by atoms with Crippen molar-refractivity contribution in [2.45, 2.75) is 16.6 Å². The van der Waals surface area contributed by atoms with Gasteiger partial charge >= 0.3 is 0 Å². The molecule has 0 aromatic carbocycles. The maximum Gasteiger partial charge on any atom is 0.132 e. The summed E-state index contributed by atoms with van der Waals surface area (Å²) in [6, 6.07) is 4.06. The molecule has 1 aromatic rings. The number of rotatable bonds is 3. The molecule has 0 amide bonds. The summed E-state index contributed by atoms with van der Waals surface area (Å²) in [6.07, 6.45) is 1.11. The van der Waals surface area contributed by atoms with Crippen molar-refractivity contribution < 1.29 is 9.47 Å². The van der Waals surface area contributed by atoms with E-state index in [0.717, 1.165) is 51.8 Å². The summed E-state index contributed by atoms with van der Waals surface area (Å²) in [5, 5.41) is 1.10. The highest BCUT2D eigenvalue weighted by Crippen LogP contribution is 2.32. The van der Waals surface area contributed by atoms with Gasteiger partial charge in [0.15, 0.2) is 0 Å². The van der Waals surface area contributed by atoms with Crippen LogP contribution in [0.4, 0.5) is 5.82 Å². The van der Waals surface area contributed by atoms with E-state index < -0.39 is 0 Å². The quantitative estimate of drug-likeness (QED) is 0.801. The van der Waals surface area contributed by atoms with Crippen LogP contribution in [0.15, 0.2) is 17.0 Å². The molecule has 0 N–H and O–H groups in total. The Hall–Kier alpha value is -0.490. The van der Waals surface area contributed by atoms with Crippen molar-refractivity contribution in [3.63, 3.8) is 0 Å². The summed E-state index contributed by atoms with van der Waals surface area (Å²) in [5.41, 5.74) is 0. The number of hydrogen-bond donors (Lipinski definition) is 0. The van der Waals surface area contributed by atoms with Crippen LogP contribution in [0.5, 0.6) is 0 Å². The summed E-state index contributed by atoms with van der Waals surface area (Å²) in [6.45, 7) is 4.97. The Bertz CT molecular complexity index is 435. The third-order valence-electron chi connectivity index (χ3n) is 3.28. The predicted octanol–water partition coefficient (Wildman–Crippen LogP) is 2.45. The average Bonchev–Trinajstić information content (AvgIpc) is 2.92. The van der Waals surface area contributed by atoms with E-state index in [4.69, 9.17) is 21.1 Å². The van der Waals surface area contributed by atoms with Crippen LogP contribution in [-0.4, -0.2) is 49.8 Å². The standard InChI is InChI=1S/C13H17ClN2O2S/c14-12-7-11(19-10-1-4-18-9-10)8-13(15-12)16-2-5-17-6-3-16/h7-8,10H,1-6,9H2. The molecule has 0 radical (unpaired) electrons. The van der Waals surface area contributed by atoms with Gasteiger partial charge in [0, 0.05) is 29.8 Å². The second kappa shape index (κ2) is 6.31. The molecule has 0 bridgehead atoms. The molecular formula is C13H17ClN2O2S. The highest BCUT2D eigenvalue weighted by molar-refractivity contribution is 8.00. The summed E-state index contributed by atoms with van der Waals surface area (Å²) in [4.78, 5) is 7.83. The predicted molar refractivity (Wildman–Crippen MR) is 77.4 cm³/mol. The van der Waals surface area contributed by atoms with Crippen LogP contribution in [0.1, 0.15) is 6.42 Å². The van der Waals surface area contributed by atoms with E-state index in [2.05, 4.69) is 16.0 Å². The monoisotopic (exact) mass is 300 g/mol. The van der Waals surface area contributed by atoms with Crippen LogP contribution in [0, 0.1) is 0 Å². The maximum absolute atomic E-state index is 6.14. The van der Waals surface area contributed by atoms with Gasteiger partial charge in [0.25, 0.3) is 0 Å². The third-order valence-corrected chi connectivity index (χ3v) is 4.69. The minimum Gasteiger partial charge on any atom is -0.380 e. The minimum atomic E-state index is 0.538. The van der Waals surface area contributed by atoms with Gasteiger partial charge in [0.1, 0.15) is 11.0 Å². The molecule has 0 saturated carbocycles. The van der Waals surface area contributed by atoms with E-state index in [1.807, 2.05) is 17.8 Å². The van der Waals surface area contributed by atoms with Gasteiger partial charge in [0.05, 0.1) is 19.8 Å². The fraction of sp³-hybridized carbons (Fsp3) is 0.615. The zero-order valence-corrected chi connectivity index (χ0v) is 12.3. The Morgan fingerprint density at radius 2 is 2.05 bits per heavy atom.